The van der Waals surface area contributed by atoms with Crippen molar-refractivity contribution in [3.05, 3.63) is 0 Å². The lowest BCUT2D eigenvalue weighted by molar-refractivity contribution is 0.236. The van der Waals surface area contributed by atoms with E-state index in [1.807, 2.05) is 0 Å². The van der Waals surface area contributed by atoms with Crippen LogP contribution in [0.3, 0.4) is 0 Å². The highest BCUT2D eigenvalue weighted by Gasteiger charge is 2.34. The Bertz CT molecular complexity index is 113. The van der Waals surface area contributed by atoms with Crippen LogP contribution in [0.2, 0.25) is 0 Å². The Morgan fingerprint density at radius 1 is 0.909 bits per heavy atom. The Hall–Kier alpha value is 0.210. The van der Waals surface area contributed by atoms with E-state index in [-0.39, 0.29) is 12.4 Å². The molecule has 0 saturated carbocycles. The smallest absolute Gasteiger partial charge is 0.00205 e. The van der Waals surface area contributed by atoms with Crippen LogP contribution in [-0.4, -0.2) is 26.2 Å². The molecule has 1 unspecified atom stereocenters. The molecule has 0 amide bonds. The quantitative estimate of drug-likeness (QED) is 0.570. The minimum absolute atomic E-state index is 0. The molecule has 3 heteroatoms. The average molecular weight is 177 g/mol. The fourth-order valence-electron chi connectivity index (χ4n) is 2.19. The first-order chi connectivity index (χ1) is 4.91. The zero-order valence-corrected chi connectivity index (χ0v) is 7.67. The van der Waals surface area contributed by atoms with Crippen LogP contribution in [0.15, 0.2) is 0 Å². The topological polar surface area (TPSA) is 24.1 Å². The molecule has 1 atom stereocenters. The summed E-state index contributed by atoms with van der Waals surface area (Å²) in [5, 5.41) is 6.92. The lowest BCUT2D eigenvalue weighted by Gasteiger charge is -2.32. The SMILES string of the molecule is C1CNCC2(C1)CCNC2.Cl. The number of piperidine rings is 1. The molecule has 0 aromatic heterocycles. The molecule has 2 aliphatic rings. The number of nitrogens with one attached hydrogen (secondary N) is 2. The van der Waals surface area contributed by atoms with Crippen molar-refractivity contribution in [3.8, 4) is 0 Å². The van der Waals surface area contributed by atoms with E-state index in [0.29, 0.717) is 5.41 Å². The Morgan fingerprint density at radius 2 is 1.64 bits per heavy atom. The van der Waals surface area contributed by atoms with Gasteiger partial charge in [0.1, 0.15) is 0 Å². The highest BCUT2D eigenvalue weighted by molar-refractivity contribution is 5.85. The molecule has 0 aromatic carbocycles. The van der Waals surface area contributed by atoms with Gasteiger partial charge in [0.2, 0.25) is 0 Å². The minimum Gasteiger partial charge on any atom is -0.316 e. The molecule has 2 nitrogen and oxygen atoms in total. The van der Waals surface area contributed by atoms with Gasteiger partial charge in [-0.05, 0) is 37.8 Å². The van der Waals surface area contributed by atoms with Gasteiger partial charge in [-0.15, -0.1) is 12.4 Å². The summed E-state index contributed by atoms with van der Waals surface area (Å²) in [6, 6.07) is 0. The second-order valence-corrected chi connectivity index (χ2v) is 3.71. The molecule has 66 valence electrons. The number of hydrogen-bond donors (Lipinski definition) is 2. The monoisotopic (exact) mass is 176 g/mol. The molecule has 0 bridgehead atoms. The van der Waals surface area contributed by atoms with Crippen LogP contribution in [0.5, 0.6) is 0 Å². The van der Waals surface area contributed by atoms with Gasteiger partial charge >= 0.3 is 0 Å². The third-order valence-corrected chi connectivity index (χ3v) is 2.89. The van der Waals surface area contributed by atoms with Crippen molar-refractivity contribution in [3.63, 3.8) is 0 Å². The van der Waals surface area contributed by atoms with Gasteiger partial charge in [-0.2, -0.15) is 0 Å². The number of rotatable bonds is 0. The lowest BCUT2D eigenvalue weighted by Crippen LogP contribution is -2.41. The first-order valence-electron chi connectivity index (χ1n) is 4.33. The maximum Gasteiger partial charge on any atom is 0.00205 e. The zero-order valence-electron chi connectivity index (χ0n) is 6.86. The van der Waals surface area contributed by atoms with Crippen LogP contribution in [0, 0.1) is 5.41 Å². The summed E-state index contributed by atoms with van der Waals surface area (Å²) >= 11 is 0. The van der Waals surface area contributed by atoms with Crippen LogP contribution in [-0.2, 0) is 0 Å². The Kier molecular flexibility index (Phi) is 3.16. The molecule has 2 rings (SSSR count). The first-order valence-corrected chi connectivity index (χ1v) is 4.33. The normalized spacial score (nSPS) is 37.1. The zero-order chi connectivity index (χ0) is 6.86. The van der Waals surface area contributed by atoms with Crippen molar-refractivity contribution >= 4 is 12.4 Å². The fourth-order valence-corrected chi connectivity index (χ4v) is 2.19. The maximum absolute atomic E-state index is 3.48. The van der Waals surface area contributed by atoms with E-state index in [0.717, 1.165) is 0 Å². The van der Waals surface area contributed by atoms with Crippen LogP contribution >= 0.6 is 12.4 Å². The minimum atomic E-state index is 0. The van der Waals surface area contributed by atoms with Crippen LogP contribution in [0.25, 0.3) is 0 Å². The van der Waals surface area contributed by atoms with Gasteiger partial charge < -0.3 is 10.6 Å². The predicted octanol–water partition coefficient (Wildman–Crippen LogP) is 0.771. The highest BCUT2D eigenvalue weighted by atomic mass is 35.5. The third kappa shape index (κ3) is 1.86. The molecule has 2 N–H and O–H groups in total. The molecule has 0 radical (unpaired) electrons. The van der Waals surface area contributed by atoms with Crippen LogP contribution in [0.1, 0.15) is 19.3 Å². The standard InChI is InChI=1S/C8H16N2.ClH/c1-2-8(6-9-4-1)3-5-10-7-8;/h9-10H,1-7H2;1H. The van der Waals surface area contributed by atoms with Gasteiger partial charge in [-0.3, -0.25) is 0 Å². The third-order valence-electron chi connectivity index (χ3n) is 2.89. The van der Waals surface area contributed by atoms with E-state index < -0.39 is 0 Å². The lowest BCUT2D eigenvalue weighted by atomic mass is 9.80. The van der Waals surface area contributed by atoms with Crippen molar-refractivity contribution < 1.29 is 0 Å². The largest absolute Gasteiger partial charge is 0.316 e. The highest BCUT2D eigenvalue weighted by Crippen LogP contribution is 2.31. The van der Waals surface area contributed by atoms with Crippen molar-refractivity contribution in [2.45, 2.75) is 19.3 Å². The summed E-state index contributed by atoms with van der Waals surface area (Å²) in [6.45, 7) is 4.98. The van der Waals surface area contributed by atoms with E-state index in [1.54, 1.807) is 0 Å². The fraction of sp³-hybridized carbons (Fsp3) is 1.00. The average Bonchev–Trinajstić information content (AvgIpc) is 2.39. The molecule has 2 aliphatic heterocycles. The van der Waals surface area contributed by atoms with Gasteiger partial charge in [0, 0.05) is 13.1 Å². The summed E-state index contributed by atoms with van der Waals surface area (Å²) in [5.74, 6) is 0. The van der Waals surface area contributed by atoms with Crippen LogP contribution in [0.4, 0.5) is 0 Å². The van der Waals surface area contributed by atoms with Gasteiger partial charge in [0.05, 0.1) is 0 Å². The summed E-state index contributed by atoms with van der Waals surface area (Å²) < 4.78 is 0. The molecule has 0 aromatic rings. The van der Waals surface area contributed by atoms with Crippen molar-refractivity contribution in [2.24, 2.45) is 5.41 Å². The molecule has 0 aliphatic carbocycles. The van der Waals surface area contributed by atoms with Crippen molar-refractivity contribution in [1.82, 2.24) is 10.6 Å². The molecule has 2 saturated heterocycles. The van der Waals surface area contributed by atoms with E-state index in [1.165, 1.54) is 45.4 Å². The van der Waals surface area contributed by atoms with E-state index in [9.17, 15) is 0 Å². The molecular weight excluding hydrogens is 160 g/mol. The maximum atomic E-state index is 3.48. The van der Waals surface area contributed by atoms with Crippen LogP contribution < -0.4 is 10.6 Å². The second kappa shape index (κ2) is 3.74. The van der Waals surface area contributed by atoms with E-state index >= 15 is 0 Å². The molecular formula is C8H17ClN2. The van der Waals surface area contributed by atoms with Gasteiger partial charge in [-0.25, -0.2) is 0 Å². The Labute approximate surface area is 74.5 Å². The molecule has 2 fully saturated rings. The van der Waals surface area contributed by atoms with Gasteiger partial charge in [0.25, 0.3) is 0 Å². The van der Waals surface area contributed by atoms with E-state index in [2.05, 4.69) is 10.6 Å². The Balaban J connectivity index is 0.000000605. The molecule has 1 spiro atoms. The van der Waals surface area contributed by atoms with Gasteiger partial charge in [-0.1, -0.05) is 0 Å². The molecule has 11 heavy (non-hydrogen) atoms. The Morgan fingerprint density at radius 3 is 2.09 bits per heavy atom. The molecule has 2 heterocycles. The number of halogens is 1. The van der Waals surface area contributed by atoms with E-state index in [4.69, 9.17) is 0 Å². The summed E-state index contributed by atoms with van der Waals surface area (Å²) in [4.78, 5) is 0. The first kappa shape index (κ1) is 9.30. The van der Waals surface area contributed by atoms with Crippen molar-refractivity contribution in [1.29, 1.82) is 0 Å². The predicted molar refractivity (Wildman–Crippen MR) is 49.3 cm³/mol. The number of hydrogen-bond acceptors (Lipinski definition) is 2. The van der Waals surface area contributed by atoms with Crippen molar-refractivity contribution in [2.75, 3.05) is 26.2 Å². The summed E-state index contributed by atoms with van der Waals surface area (Å²) in [5.41, 5.74) is 0.651. The summed E-state index contributed by atoms with van der Waals surface area (Å²) in [6.07, 6.45) is 4.20. The van der Waals surface area contributed by atoms with Gasteiger partial charge in [0.15, 0.2) is 0 Å². The second-order valence-electron chi connectivity index (χ2n) is 3.71. The summed E-state index contributed by atoms with van der Waals surface area (Å²) in [7, 11) is 0.